The molecule has 0 radical (unpaired) electrons. The van der Waals surface area contributed by atoms with Crippen molar-refractivity contribution in [1.82, 2.24) is 0 Å². The lowest BCUT2D eigenvalue weighted by molar-refractivity contribution is 1.13. The van der Waals surface area contributed by atoms with Gasteiger partial charge in [0.05, 0.1) is 0 Å². The molecule has 0 atom stereocenters. The third kappa shape index (κ3) is 2.77. The largest absolute Gasteiger partial charge is 0.378 e. The van der Waals surface area contributed by atoms with E-state index >= 15 is 0 Å². The molecule has 11 heavy (non-hydrogen) atoms. The molecule has 0 bridgehead atoms. The van der Waals surface area contributed by atoms with E-state index < -0.39 is 0 Å². The zero-order valence-corrected chi connectivity index (χ0v) is 10.8. The number of benzene rings is 1. The number of nitrogens with zero attached hydrogens (tertiary/aromatic N) is 1. The second-order valence-electron chi connectivity index (χ2n) is 2.52. The molecular weight excluding hydrogens is 364 g/mol. The first-order chi connectivity index (χ1) is 5.09. The van der Waals surface area contributed by atoms with Gasteiger partial charge in [-0.25, -0.2) is 0 Å². The Morgan fingerprint density at radius 2 is 1.45 bits per heavy atom. The summed E-state index contributed by atoms with van der Waals surface area (Å²) in [6.45, 7) is 0. The molecular formula is C8H9I2N. The van der Waals surface area contributed by atoms with Crippen molar-refractivity contribution in [2.45, 2.75) is 0 Å². The van der Waals surface area contributed by atoms with E-state index in [0.717, 1.165) is 0 Å². The highest BCUT2D eigenvalue weighted by atomic mass is 127. The van der Waals surface area contributed by atoms with E-state index in [-0.39, 0.29) is 0 Å². The van der Waals surface area contributed by atoms with Crippen LogP contribution in [0.4, 0.5) is 5.69 Å². The second-order valence-corrected chi connectivity index (χ2v) is 5.01. The number of halogens is 2. The summed E-state index contributed by atoms with van der Waals surface area (Å²) < 4.78 is 2.58. The molecule has 0 aromatic heterocycles. The Labute approximate surface area is 94.4 Å². The van der Waals surface area contributed by atoms with E-state index in [0.29, 0.717) is 0 Å². The first-order valence-corrected chi connectivity index (χ1v) is 5.39. The molecule has 0 unspecified atom stereocenters. The molecule has 1 nitrogen and oxygen atoms in total. The molecule has 0 spiro atoms. The quantitative estimate of drug-likeness (QED) is 0.685. The summed E-state index contributed by atoms with van der Waals surface area (Å²) >= 11 is 4.67. The van der Waals surface area contributed by atoms with Gasteiger partial charge in [-0.05, 0) is 63.4 Å². The fraction of sp³-hybridized carbons (Fsp3) is 0.250. The Morgan fingerprint density at radius 3 is 1.82 bits per heavy atom. The van der Waals surface area contributed by atoms with Crippen LogP contribution in [0.25, 0.3) is 0 Å². The molecule has 0 N–H and O–H groups in total. The maximum absolute atomic E-state index is 2.33. The zero-order chi connectivity index (χ0) is 8.43. The Hall–Kier alpha value is 0.480. The SMILES string of the molecule is CN(C)c1cc(I)cc(I)c1. The molecule has 0 saturated heterocycles. The predicted molar refractivity (Wildman–Crippen MR) is 66.2 cm³/mol. The van der Waals surface area contributed by atoms with Crippen LogP contribution in [0.5, 0.6) is 0 Å². The van der Waals surface area contributed by atoms with Crippen molar-refractivity contribution < 1.29 is 0 Å². The van der Waals surface area contributed by atoms with Crippen molar-refractivity contribution >= 4 is 50.9 Å². The number of anilines is 1. The monoisotopic (exact) mass is 373 g/mol. The van der Waals surface area contributed by atoms with Crippen molar-refractivity contribution in [3.63, 3.8) is 0 Å². The number of hydrogen-bond donors (Lipinski definition) is 0. The molecule has 0 saturated carbocycles. The van der Waals surface area contributed by atoms with Gasteiger partial charge in [0.1, 0.15) is 0 Å². The Balaban J connectivity index is 3.08. The van der Waals surface area contributed by atoms with E-state index in [1.807, 2.05) is 0 Å². The summed E-state index contributed by atoms with van der Waals surface area (Å²) in [5, 5.41) is 0. The molecule has 0 aliphatic heterocycles. The standard InChI is InChI=1S/C8H9I2N/c1-11(2)8-4-6(9)3-7(10)5-8/h3-5H,1-2H3. The highest BCUT2D eigenvalue weighted by Crippen LogP contribution is 2.19. The molecule has 1 aromatic rings. The van der Waals surface area contributed by atoms with Crippen LogP contribution in [-0.4, -0.2) is 14.1 Å². The van der Waals surface area contributed by atoms with Gasteiger partial charge in [-0.1, -0.05) is 0 Å². The Morgan fingerprint density at radius 1 is 1.00 bits per heavy atom. The predicted octanol–water partition coefficient (Wildman–Crippen LogP) is 2.96. The maximum Gasteiger partial charge on any atom is 0.0382 e. The molecule has 60 valence electrons. The fourth-order valence-corrected chi connectivity index (χ4v) is 2.70. The van der Waals surface area contributed by atoms with Crippen LogP contribution in [0.15, 0.2) is 18.2 Å². The van der Waals surface area contributed by atoms with Gasteiger partial charge in [0.25, 0.3) is 0 Å². The molecule has 0 heterocycles. The molecule has 0 aliphatic carbocycles. The molecule has 1 aromatic carbocycles. The third-order valence-corrected chi connectivity index (χ3v) is 2.61. The van der Waals surface area contributed by atoms with Gasteiger partial charge < -0.3 is 4.90 Å². The minimum absolute atomic E-state index is 1.27. The second kappa shape index (κ2) is 3.93. The van der Waals surface area contributed by atoms with Gasteiger partial charge >= 0.3 is 0 Å². The fourth-order valence-electron chi connectivity index (χ4n) is 0.797. The topological polar surface area (TPSA) is 3.24 Å². The smallest absolute Gasteiger partial charge is 0.0382 e. The van der Waals surface area contributed by atoms with Crippen LogP contribution in [0, 0.1) is 7.14 Å². The van der Waals surface area contributed by atoms with Crippen molar-refractivity contribution in [1.29, 1.82) is 0 Å². The number of rotatable bonds is 1. The van der Waals surface area contributed by atoms with Gasteiger partial charge in [0.15, 0.2) is 0 Å². The summed E-state index contributed by atoms with van der Waals surface area (Å²) in [6, 6.07) is 6.50. The van der Waals surface area contributed by atoms with E-state index in [2.05, 4.69) is 82.4 Å². The average Bonchev–Trinajstić information content (AvgIpc) is 1.85. The summed E-state index contributed by atoms with van der Waals surface area (Å²) in [5.74, 6) is 0. The van der Waals surface area contributed by atoms with E-state index in [4.69, 9.17) is 0 Å². The lowest BCUT2D eigenvalue weighted by atomic mass is 10.3. The highest BCUT2D eigenvalue weighted by Gasteiger charge is 1.97. The minimum Gasteiger partial charge on any atom is -0.378 e. The molecule has 0 amide bonds. The van der Waals surface area contributed by atoms with Crippen molar-refractivity contribution in [3.05, 3.63) is 25.3 Å². The van der Waals surface area contributed by atoms with E-state index in [1.165, 1.54) is 12.8 Å². The van der Waals surface area contributed by atoms with Crippen LogP contribution in [0.1, 0.15) is 0 Å². The summed E-state index contributed by atoms with van der Waals surface area (Å²) in [5.41, 5.74) is 1.27. The van der Waals surface area contributed by atoms with Crippen LogP contribution in [-0.2, 0) is 0 Å². The summed E-state index contributed by atoms with van der Waals surface area (Å²) in [7, 11) is 4.11. The van der Waals surface area contributed by atoms with E-state index in [9.17, 15) is 0 Å². The van der Waals surface area contributed by atoms with Crippen LogP contribution in [0.3, 0.4) is 0 Å². The highest BCUT2D eigenvalue weighted by molar-refractivity contribution is 14.1. The minimum atomic E-state index is 1.27. The van der Waals surface area contributed by atoms with E-state index in [1.54, 1.807) is 0 Å². The molecule has 0 fully saturated rings. The molecule has 3 heteroatoms. The lowest BCUT2D eigenvalue weighted by Gasteiger charge is -2.12. The van der Waals surface area contributed by atoms with Gasteiger partial charge in [0, 0.05) is 26.9 Å². The van der Waals surface area contributed by atoms with Gasteiger partial charge in [-0.15, -0.1) is 0 Å². The Bertz CT molecular complexity index is 238. The average molecular weight is 373 g/mol. The summed E-state index contributed by atoms with van der Waals surface area (Å²) in [6.07, 6.45) is 0. The zero-order valence-electron chi connectivity index (χ0n) is 6.44. The third-order valence-electron chi connectivity index (χ3n) is 1.36. The van der Waals surface area contributed by atoms with Gasteiger partial charge in [0.2, 0.25) is 0 Å². The molecule has 0 aliphatic rings. The number of hydrogen-bond acceptors (Lipinski definition) is 1. The Kier molecular flexibility index (Phi) is 3.42. The van der Waals surface area contributed by atoms with Crippen molar-refractivity contribution in [2.75, 3.05) is 19.0 Å². The summed E-state index contributed by atoms with van der Waals surface area (Å²) in [4.78, 5) is 2.12. The first kappa shape index (κ1) is 9.57. The lowest BCUT2D eigenvalue weighted by Crippen LogP contribution is -2.08. The van der Waals surface area contributed by atoms with Crippen LogP contribution in [0.2, 0.25) is 0 Å². The van der Waals surface area contributed by atoms with Crippen LogP contribution < -0.4 is 4.90 Å². The van der Waals surface area contributed by atoms with Crippen molar-refractivity contribution in [3.8, 4) is 0 Å². The molecule has 1 rings (SSSR count). The maximum atomic E-state index is 2.33. The van der Waals surface area contributed by atoms with Gasteiger partial charge in [-0.2, -0.15) is 0 Å². The normalized spacial score (nSPS) is 9.82. The van der Waals surface area contributed by atoms with Gasteiger partial charge in [-0.3, -0.25) is 0 Å². The van der Waals surface area contributed by atoms with Crippen molar-refractivity contribution in [2.24, 2.45) is 0 Å². The van der Waals surface area contributed by atoms with Crippen LogP contribution >= 0.6 is 45.2 Å². The first-order valence-electron chi connectivity index (χ1n) is 3.23.